The first-order chi connectivity index (χ1) is 15.1. The maximum atomic E-state index is 12.7. The number of benzene rings is 2. The lowest BCUT2D eigenvalue weighted by Crippen LogP contribution is -2.31. The molecular weight excluding hydrogens is 418 g/mol. The highest BCUT2D eigenvalue weighted by Crippen LogP contribution is 2.26. The van der Waals surface area contributed by atoms with E-state index in [2.05, 4.69) is 10.2 Å². The van der Waals surface area contributed by atoms with E-state index in [9.17, 15) is 4.79 Å². The van der Waals surface area contributed by atoms with Crippen LogP contribution in [0.5, 0.6) is 11.5 Å². The summed E-state index contributed by atoms with van der Waals surface area (Å²) in [7, 11) is 1.62. The van der Waals surface area contributed by atoms with Crippen LogP contribution in [0.25, 0.3) is 11.5 Å². The molecule has 0 aliphatic heterocycles. The molecule has 0 radical (unpaired) electrons. The van der Waals surface area contributed by atoms with Crippen molar-refractivity contribution >= 4 is 17.5 Å². The van der Waals surface area contributed by atoms with Gasteiger partial charge >= 0.3 is 0 Å². The van der Waals surface area contributed by atoms with E-state index < -0.39 is 0 Å². The molecule has 3 rings (SSSR count). The van der Waals surface area contributed by atoms with Gasteiger partial charge in [-0.25, -0.2) is 0 Å². The molecule has 2 aromatic carbocycles. The van der Waals surface area contributed by atoms with Crippen LogP contribution in [0.2, 0.25) is 5.02 Å². The molecule has 7 nitrogen and oxygen atoms in total. The van der Waals surface area contributed by atoms with Gasteiger partial charge in [0.15, 0.2) is 0 Å². The van der Waals surface area contributed by atoms with Gasteiger partial charge in [-0.05, 0) is 49.2 Å². The summed E-state index contributed by atoms with van der Waals surface area (Å²) >= 11 is 6.19. The standard InChI is InChI=1S/C23H26ClN3O4/c1-3-14-27(16-21-25-26-23(31-21)19-7-4-5-8-20(19)24)22(28)9-6-15-30-18-12-10-17(29-2)11-13-18/h4-5,7-8,10-13H,3,6,9,14-16H2,1-2H3. The second-order valence-electron chi connectivity index (χ2n) is 6.92. The molecule has 0 saturated carbocycles. The lowest BCUT2D eigenvalue weighted by atomic mass is 10.2. The predicted molar refractivity (Wildman–Crippen MR) is 118 cm³/mol. The largest absolute Gasteiger partial charge is 0.497 e. The van der Waals surface area contributed by atoms with Gasteiger partial charge in [-0.3, -0.25) is 4.79 Å². The van der Waals surface area contributed by atoms with E-state index in [1.807, 2.05) is 49.4 Å². The minimum absolute atomic E-state index is 0.0256. The third-order valence-electron chi connectivity index (χ3n) is 4.61. The Morgan fingerprint density at radius 2 is 1.84 bits per heavy atom. The van der Waals surface area contributed by atoms with Gasteiger partial charge in [0.2, 0.25) is 17.7 Å². The van der Waals surface area contributed by atoms with Crippen LogP contribution in [0.15, 0.2) is 52.9 Å². The minimum atomic E-state index is 0.0256. The molecule has 31 heavy (non-hydrogen) atoms. The van der Waals surface area contributed by atoms with E-state index in [1.165, 1.54) is 0 Å². The second kappa shape index (κ2) is 11.4. The molecule has 3 aromatic rings. The number of ether oxygens (including phenoxy) is 2. The van der Waals surface area contributed by atoms with Crippen molar-refractivity contribution in [2.75, 3.05) is 20.3 Å². The molecule has 0 aliphatic rings. The minimum Gasteiger partial charge on any atom is -0.497 e. The van der Waals surface area contributed by atoms with Crippen molar-refractivity contribution < 1.29 is 18.7 Å². The summed E-state index contributed by atoms with van der Waals surface area (Å²) in [6.45, 7) is 3.36. The van der Waals surface area contributed by atoms with Crippen LogP contribution in [0.4, 0.5) is 0 Å². The number of hydrogen-bond donors (Lipinski definition) is 0. The SMILES string of the molecule is CCCN(Cc1nnc(-c2ccccc2Cl)o1)C(=O)CCCOc1ccc(OC)cc1. The van der Waals surface area contributed by atoms with Crippen LogP contribution in [-0.2, 0) is 11.3 Å². The number of methoxy groups -OCH3 is 1. The molecule has 1 amide bonds. The van der Waals surface area contributed by atoms with E-state index in [1.54, 1.807) is 18.1 Å². The molecule has 164 valence electrons. The van der Waals surface area contributed by atoms with Crippen molar-refractivity contribution in [3.63, 3.8) is 0 Å². The van der Waals surface area contributed by atoms with Crippen LogP contribution in [0, 0.1) is 0 Å². The zero-order chi connectivity index (χ0) is 22.1. The second-order valence-corrected chi connectivity index (χ2v) is 7.33. The van der Waals surface area contributed by atoms with Crippen molar-refractivity contribution in [2.45, 2.75) is 32.7 Å². The molecule has 0 unspecified atom stereocenters. The number of halogens is 1. The van der Waals surface area contributed by atoms with Gasteiger partial charge < -0.3 is 18.8 Å². The topological polar surface area (TPSA) is 77.7 Å². The van der Waals surface area contributed by atoms with E-state index in [0.29, 0.717) is 48.4 Å². The quantitative estimate of drug-likeness (QED) is 0.388. The number of amides is 1. The van der Waals surface area contributed by atoms with Crippen LogP contribution in [0.3, 0.4) is 0 Å². The molecule has 0 fully saturated rings. The fourth-order valence-electron chi connectivity index (χ4n) is 3.03. The van der Waals surface area contributed by atoms with Crippen molar-refractivity contribution in [2.24, 2.45) is 0 Å². The molecule has 0 saturated heterocycles. The monoisotopic (exact) mass is 443 g/mol. The zero-order valence-corrected chi connectivity index (χ0v) is 18.5. The van der Waals surface area contributed by atoms with Gasteiger partial charge in [-0.1, -0.05) is 30.7 Å². The van der Waals surface area contributed by atoms with Crippen LogP contribution < -0.4 is 9.47 Å². The van der Waals surface area contributed by atoms with Crippen molar-refractivity contribution in [3.05, 3.63) is 59.4 Å². The van der Waals surface area contributed by atoms with Crippen LogP contribution >= 0.6 is 11.6 Å². The third kappa shape index (κ3) is 6.46. The lowest BCUT2D eigenvalue weighted by Gasteiger charge is -2.20. The molecule has 1 heterocycles. The Morgan fingerprint density at radius 1 is 1.10 bits per heavy atom. The van der Waals surface area contributed by atoms with Gasteiger partial charge in [-0.2, -0.15) is 0 Å². The van der Waals surface area contributed by atoms with E-state index in [4.69, 9.17) is 25.5 Å². The van der Waals surface area contributed by atoms with Gasteiger partial charge in [0.1, 0.15) is 11.5 Å². The fraction of sp³-hybridized carbons (Fsp3) is 0.348. The zero-order valence-electron chi connectivity index (χ0n) is 17.7. The van der Waals surface area contributed by atoms with E-state index in [-0.39, 0.29) is 12.5 Å². The number of aromatic nitrogens is 2. The Bertz CT molecular complexity index is 975. The maximum absolute atomic E-state index is 12.7. The predicted octanol–water partition coefficient (Wildman–Crippen LogP) is 5.00. The molecule has 0 atom stereocenters. The molecule has 0 aliphatic carbocycles. The Balaban J connectivity index is 1.51. The van der Waals surface area contributed by atoms with Crippen molar-refractivity contribution in [1.82, 2.24) is 15.1 Å². The number of rotatable bonds is 11. The Morgan fingerprint density at radius 3 is 2.55 bits per heavy atom. The molecule has 8 heteroatoms. The summed E-state index contributed by atoms with van der Waals surface area (Å²) in [6.07, 6.45) is 1.82. The van der Waals surface area contributed by atoms with Crippen LogP contribution in [0.1, 0.15) is 32.1 Å². The highest BCUT2D eigenvalue weighted by Gasteiger charge is 2.18. The summed E-state index contributed by atoms with van der Waals surface area (Å²) in [5.41, 5.74) is 0.673. The average molecular weight is 444 g/mol. The number of nitrogens with zero attached hydrogens (tertiary/aromatic N) is 3. The van der Waals surface area contributed by atoms with Gasteiger partial charge in [-0.15, -0.1) is 10.2 Å². The summed E-state index contributed by atoms with van der Waals surface area (Å²) in [4.78, 5) is 14.4. The first-order valence-corrected chi connectivity index (χ1v) is 10.6. The highest BCUT2D eigenvalue weighted by atomic mass is 35.5. The maximum Gasteiger partial charge on any atom is 0.249 e. The Hall–Kier alpha value is -3.06. The van der Waals surface area contributed by atoms with Crippen molar-refractivity contribution in [1.29, 1.82) is 0 Å². The number of carbonyl (C=O) groups excluding carboxylic acids is 1. The molecule has 0 spiro atoms. The van der Waals surface area contributed by atoms with Crippen LogP contribution in [-0.4, -0.2) is 41.3 Å². The van der Waals surface area contributed by atoms with Crippen molar-refractivity contribution in [3.8, 4) is 23.0 Å². The first kappa shape index (κ1) is 22.6. The summed E-state index contributed by atoms with van der Waals surface area (Å²) in [6, 6.07) is 14.6. The first-order valence-electron chi connectivity index (χ1n) is 10.2. The molecular formula is C23H26ClN3O4. The molecule has 1 aromatic heterocycles. The average Bonchev–Trinajstić information content (AvgIpc) is 3.25. The molecule has 0 N–H and O–H groups in total. The Kier molecular flexibility index (Phi) is 8.29. The summed E-state index contributed by atoms with van der Waals surface area (Å²) < 4.78 is 16.6. The van der Waals surface area contributed by atoms with Gasteiger partial charge in [0.05, 0.1) is 30.8 Å². The van der Waals surface area contributed by atoms with E-state index >= 15 is 0 Å². The normalized spacial score (nSPS) is 10.7. The molecule has 0 bridgehead atoms. The summed E-state index contributed by atoms with van der Waals surface area (Å²) in [5.74, 6) is 2.27. The lowest BCUT2D eigenvalue weighted by molar-refractivity contribution is -0.132. The fourth-order valence-corrected chi connectivity index (χ4v) is 3.25. The van der Waals surface area contributed by atoms with E-state index in [0.717, 1.165) is 17.9 Å². The third-order valence-corrected chi connectivity index (χ3v) is 4.94. The number of hydrogen-bond acceptors (Lipinski definition) is 6. The summed E-state index contributed by atoms with van der Waals surface area (Å²) in [5, 5.41) is 8.70. The highest BCUT2D eigenvalue weighted by molar-refractivity contribution is 6.33. The van der Waals surface area contributed by atoms with Gasteiger partial charge in [0, 0.05) is 13.0 Å². The smallest absolute Gasteiger partial charge is 0.249 e. The Labute approximate surface area is 186 Å². The number of carbonyl (C=O) groups is 1. The van der Waals surface area contributed by atoms with Gasteiger partial charge in [0.25, 0.3) is 0 Å².